The first-order valence-corrected chi connectivity index (χ1v) is 8.17. The third kappa shape index (κ3) is 2.51. The van der Waals surface area contributed by atoms with Gasteiger partial charge in [0.05, 0.1) is 25.8 Å². The molecule has 124 valence electrons. The van der Waals surface area contributed by atoms with Crippen LogP contribution in [0.1, 0.15) is 27.5 Å². The zero-order chi connectivity index (χ0) is 16.5. The minimum atomic E-state index is -0.402. The number of carbonyl (C=O) groups is 1. The average molecular weight is 325 g/mol. The number of para-hydroxylation sites is 1. The molecule has 1 N–H and O–H groups in total. The number of fused-ring (bicyclic) bond motifs is 2. The Labute approximate surface area is 140 Å². The number of aliphatic hydroxyl groups is 1. The second kappa shape index (κ2) is 6.17. The number of rotatable bonds is 2. The fourth-order valence-electron chi connectivity index (χ4n) is 3.39. The molecular weight excluding hydrogens is 306 g/mol. The zero-order valence-corrected chi connectivity index (χ0v) is 13.3. The molecule has 1 unspecified atom stereocenters. The maximum Gasteiger partial charge on any atom is 0.254 e. The van der Waals surface area contributed by atoms with Crippen molar-refractivity contribution >= 4 is 5.91 Å². The van der Waals surface area contributed by atoms with Crippen LogP contribution in [0.15, 0.2) is 42.5 Å². The summed E-state index contributed by atoms with van der Waals surface area (Å²) in [4.78, 5) is 14.7. The molecule has 24 heavy (non-hydrogen) atoms. The SMILES string of the molecule is O=C(c1ccc2c(c1)CCO2)N1CCOc2ccccc2C1CO. The number of amides is 1. The van der Waals surface area contributed by atoms with E-state index in [1.54, 1.807) is 11.0 Å². The molecule has 2 aromatic carbocycles. The van der Waals surface area contributed by atoms with Crippen molar-refractivity contribution in [1.82, 2.24) is 4.90 Å². The van der Waals surface area contributed by atoms with Crippen molar-refractivity contribution < 1.29 is 19.4 Å². The topological polar surface area (TPSA) is 59.0 Å². The second-order valence-electron chi connectivity index (χ2n) is 6.00. The Bertz CT molecular complexity index is 774. The van der Waals surface area contributed by atoms with Gasteiger partial charge in [-0.15, -0.1) is 0 Å². The number of benzene rings is 2. The summed E-state index contributed by atoms with van der Waals surface area (Å²) in [6.45, 7) is 1.37. The van der Waals surface area contributed by atoms with E-state index in [0.29, 0.717) is 25.3 Å². The quantitative estimate of drug-likeness (QED) is 0.919. The van der Waals surface area contributed by atoms with E-state index in [1.807, 2.05) is 36.4 Å². The van der Waals surface area contributed by atoms with Crippen molar-refractivity contribution in [3.8, 4) is 11.5 Å². The second-order valence-corrected chi connectivity index (χ2v) is 6.00. The predicted octanol–water partition coefficient (Wildman–Crippen LogP) is 2.19. The Morgan fingerprint density at radius 3 is 2.83 bits per heavy atom. The molecule has 5 nitrogen and oxygen atoms in total. The molecule has 2 aromatic rings. The van der Waals surface area contributed by atoms with E-state index in [4.69, 9.17) is 9.47 Å². The molecule has 0 radical (unpaired) electrons. The van der Waals surface area contributed by atoms with Crippen molar-refractivity contribution in [3.63, 3.8) is 0 Å². The molecule has 2 aliphatic rings. The van der Waals surface area contributed by atoms with Gasteiger partial charge in [0.2, 0.25) is 0 Å². The van der Waals surface area contributed by atoms with Gasteiger partial charge in [0, 0.05) is 17.5 Å². The highest BCUT2D eigenvalue weighted by molar-refractivity contribution is 5.95. The summed E-state index contributed by atoms with van der Waals surface area (Å²) in [5, 5.41) is 9.91. The third-order valence-corrected chi connectivity index (χ3v) is 4.61. The summed E-state index contributed by atoms with van der Waals surface area (Å²) < 4.78 is 11.2. The minimum Gasteiger partial charge on any atom is -0.493 e. The van der Waals surface area contributed by atoms with E-state index in [9.17, 15) is 9.90 Å². The summed E-state index contributed by atoms with van der Waals surface area (Å²) in [6, 6.07) is 12.7. The van der Waals surface area contributed by atoms with Crippen LogP contribution in [0, 0.1) is 0 Å². The molecule has 0 aromatic heterocycles. The van der Waals surface area contributed by atoms with Gasteiger partial charge < -0.3 is 19.5 Å². The largest absolute Gasteiger partial charge is 0.493 e. The van der Waals surface area contributed by atoms with Crippen LogP contribution in [0.5, 0.6) is 11.5 Å². The molecule has 4 rings (SSSR count). The molecule has 1 atom stereocenters. The highest BCUT2D eigenvalue weighted by atomic mass is 16.5. The number of nitrogens with zero attached hydrogens (tertiary/aromatic N) is 1. The van der Waals surface area contributed by atoms with Crippen LogP contribution in [0.25, 0.3) is 0 Å². The zero-order valence-electron chi connectivity index (χ0n) is 13.3. The van der Waals surface area contributed by atoms with Crippen molar-refractivity contribution in [2.24, 2.45) is 0 Å². The Balaban J connectivity index is 1.68. The first kappa shape index (κ1) is 15.0. The van der Waals surface area contributed by atoms with Crippen LogP contribution in [0.4, 0.5) is 0 Å². The van der Waals surface area contributed by atoms with E-state index in [0.717, 1.165) is 29.0 Å². The third-order valence-electron chi connectivity index (χ3n) is 4.61. The van der Waals surface area contributed by atoms with Crippen molar-refractivity contribution in [3.05, 3.63) is 59.2 Å². The number of ether oxygens (including phenoxy) is 2. The molecule has 2 aliphatic heterocycles. The van der Waals surface area contributed by atoms with Crippen LogP contribution in [0.3, 0.4) is 0 Å². The number of aliphatic hydroxyl groups excluding tert-OH is 1. The van der Waals surface area contributed by atoms with Gasteiger partial charge >= 0.3 is 0 Å². The standard InChI is InChI=1S/C19H19NO4/c21-12-16-15-3-1-2-4-18(15)24-10-8-20(16)19(22)14-5-6-17-13(11-14)7-9-23-17/h1-6,11,16,21H,7-10,12H2. The van der Waals surface area contributed by atoms with Crippen LogP contribution in [-0.2, 0) is 6.42 Å². The summed E-state index contributed by atoms with van der Waals surface area (Å²) in [6.07, 6.45) is 0.825. The lowest BCUT2D eigenvalue weighted by Crippen LogP contribution is -2.38. The molecule has 5 heteroatoms. The van der Waals surface area contributed by atoms with E-state index in [-0.39, 0.29) is 12.5 Å². The predicted molar refractivity (Wildman–Crippen MR) is 88.4 cm³/mol. The molecule has 0 bridgehead atoms. The molecule has 0 aliphatic carbocycles. The Morgan fingerprint density at radius 2 is 1.96 bits per heavy atom. The van der Waals surface area contributed by atoms with Gasteiger partial charge in [-0.05, 0) is 29.8 Å². The summed E-state index contributed by atoms with van der Waals surface area (Å²) in [7, 11) is 0. The van der Waals surface area contributed by atoms with Gasteiger partial charge in [0.1, 0.15) is 18.1 Å². The summed E-state index contributed by atoms with van der Waals surface area (Å²) in [5.74, 6) is 1.49. The maximum atomic E-state index is 13.0. The monoisotopic (exact) mass is 325 g/mol. The number of carbonyl (C=O) groups excluding carboxylic acids is 1. The van der Waals surface area contributed by atoms with Crippen LogP contribution < -0.4 is 9.47 Å². The lowest BCUT2D eigenvalue weighted by molar-refractivity contribution is 0.0585. The van der Waals surface area contributed by atoms with Crippen LogP contribution in [-0.4, -0.2) is 42.3 Å². The van der Waals surface area contributed by atoms with Gasteiger partial charge in [-0.3, -0.25) is 4.79 Å². The lowest BCUT2D eigenvalue weighted by Gasteiger charge is -2.28. The van der Waals surface area contributed by atoms with Crippen molar-refractivity contribution in [2.45, 2.75) is 12.5 Å². The number of hydrogen-bond donors (Lipinski definition) is 1. The Kier molecular flexibility index (Phi) is 3.86. The summed E-state index contributed by atoms with van der Waals surface area (Å²) >= 11 is 0. The molecule has 0 spiro atoms. The van der Waals surface area contributed by atoms with E-state index < -0.39 is 6.04 Å². The first-order valence-electron chi connectivity index (χ1n) is 8.17. The number of hydrogen-bond acceptors (Lipinski definition) is 4. The Hall–Kier alpha value is -2.53. The highest BCUT2D eigenvalue weighted by Crippen LogP contribution is 2.33. The fourth-order valence-corrected chi connectivity index (χ4v) is 3.39. The smallest absolute Gasteiger partial charge is 0.254 e. The average Bonchev–Trinajstić information content (AvgIpc) is 3.00. The summed E-state index contributed by atoms with van der Waals surface area (Å²) in [5.41, 5.74) is 2.53. The highest BCUT2D eigenvalue weighted by Gasteiger charge is 2.30. The lowest BCUT2D eigenvalue weighted by atomic mass is 10.0. The van der Waals surface area contributed by atoms with Gasteiger partial charge in [0.15, 0.2) is 0 Å². The molecule has 0 fully saturated rings. The van der Waals surface area contributed by atoms with Gasteiger partial charge in [-0.1, -0.05) is 18.2 Å². The van der Waals surface area contributed by atoms with E-state index in [2.05, 4.69) is 0 Å². The van der Waals surface area contributed by atoms with E-state index >= 15 is 0 Å². The fraction of sp³-hybridized carbons (Fsp3) is 0.316. The molecule has 1 amide bonds. The van der Waals surface area contributed by atoms with E-state index in [1.165, 1.54) is 0 Å². The van der Waals surface area contributed by atoms with Crippen molar-refractivity contribution in [1.29, 1.82) is 0 Å². The first-order chi connectivity index (χ1) is 11.8. The maximum absolute atomic E-state index is 13.0. The van der Waals surface area contributed by atoms with Crippen molar-refractivity contribution in [2.75, 3.05) is 26.4 Å². The molecule has 2 heterocycles. The molecular formula is C19H19NO4. The minimum absolute atomic E-state index is 0.0935. The van der Waals surface area contributed by atoms with Gasteiger partial charge in [-0.25, -0.2) is 0 Å². The van der Waals surface area contributed by atoms with Crippen LogP contribution in [0.2, 0.25) is 0 Å². The molecule has 0 saturated carbocycles. The van der Waals surface area contributed by atoms with Gasteiger partial charge in [0.25, 0.3) is 5.91 Å². The molecule has 0 saturated heterocycles. The Morgan fingerprint density at radius 1 is 1.12 bits per heavy atom. The van der Waals surface area contributed by atoms with Crippen LogP contribution >= 0.6 is 0 Å². The van der Waals surface area contributed by atoms with Gasteiger partial charge in [-0.2, -0.15) is 0 Å². The normalized spacial score (nSPS) is 18.9.